The zero-order valence-corrected chi connectivity index (χ0v) is 12.1. The Labute approximate surface area is 117 Å². The van der Waals surface area contributed by atoms with Crippen LogP contribution in [0.2, 0.25) is 0 Å². The Bertz CT molecular complexity index is 147. The average Bonchev–Trinajstić information content (AvgIpc) is 2.52. The summed E-state index contributed by atoms with van der Waals surface area (Å²) in [5.74, 6) is 0. The molecule has 0 aromatic carbocycles. The predicted octanol–water partition coefficient (Wildman–Crippen LogP) is -1.51. The van der Waals surface area contributed by atoms with E-state index in [0.29, 0.717) is 6.54 Å². The van der Waals surface area contributed by atoms with Gasteiger partial charge < -0.3 is 21.6 Å². The molecule has 0 aromatic heterocycles. The Morgan fingerprint density at radius 3 is 1.32 bits per heavy atom. The highest BCUT2D eigenvalue weighted by Crippen LogP contribution is 2.06. The van der Waals surface area contributed by atoms with Crippen molar-refractivity contribution in [3.63, 3.8) is 0 Å². The maximum absolute atomic E-state index is 7.75. The molecule has 6 nitrogen and oxygen atoms in total. The lowest BCUT2D eigenvalue weighted by atomic mass is 10.2. The summed E-state index contributed by atoms with van der Waals surface area (Å²) in [6, 6.07) is 0. The van der Waals surface area contributed by atoms with Crippen LogP contribution in [0, 0.1) is 0 Å². The van der Waals surface area contributed by atoms with Gasteiger partial charge in [-0.3, -0.25) is 9.80 Å². The van der Waals surface area contributed by atoms with Gasteiger partial charge in [0.15, 0.2) is 0 Å². The molecule has 0 saturated carbocycles. The molecule has 0 amide bonds. The van der Waals surface area contributed by atoms with Crippen molar-refractivity contribution in [1.82, 2.24) is 15.1 Å². The van der Waals surface area contributed by atoms with Crippen molar-refractivity contribution >= 4 is 0 Å². The number of nitrogens with two attached hydrogens (primary N) is 1. The van der Waals surface area contributed by atoms with Gasteiger partial charge in [0.2, 0.25) is 0 Å². The zero-order valence-electron chi connectivity index (χ0n) is 12.1. The van der Waals surface area contributed by atoms with Crippen LogP contribution in [0.15, 0.2) is 0 Å². The highest BCUT2D eigenvalue weighted by atomic mass is 16.3. The second kappa shape index (κ2) is 12.8. The van der Waals surface area contributed by atoms with Gasteiger partial charge in [-0.1, -0.05) is 6.42 Å². The predicted molar refractivity (Wildman–Crippen MR) is 79.4 cm³/mol. The van der Waals surface area contributed by atoms with Crippen molar-refractivity contribution in [3.8, 4) is 0 Å². The third kappa shape index (κ3) is 9.32. The first-order chi connectivity index (χ1) is 8.86. The molecule has 0 radical (unpaired) electrons. The number of fused-ring (bicyclic) bond motifs is 3. The summed E-state index contributed by atoms with van der Waals surface area (Å²) in [7, 11) is 0. The fraction of sp³-hybridized carbons (Fsp3) is 1.00. The number of aliphatic hydroxyl groups is 1. The molecule has 4 rings (SSSR count). The average molecular weight is 276 g/mol. The highest BCUT2D eigenvalue weighted by molar-refractivity contribution is 4.78. The third-order valence-electron chi connectivity index (χ3n) is 3.53. The van der Waals surface area contributed by atoms with Crippen molar-refractivity contribution in [2.24, 2.45) is 5.73 Å². The van der Waals surface area contributed by atoms with Crippen molar-refractivity contribution in [2.45, 2.75) is 19.3 Å². The fourth-order valence-corrected chi connectivity index (χ4v) is 2.32. The molecular weight excluding hydrogens is 244 g/mol. The van der Waals surface area contributed by atoms with Crippen LogP contribution in [0.3, 0.4) is 0 Å². The van der Waals surface area contributed by atoms with Crippen LogP contribution in [0.25, 0.3) is 0 Å². The Balaban J connectivity index is 0.000000266. The van der Waals surface area contributed by atoms with Crippen LogP contribution in [-0.4, -0.2) is 85.9 Å². The molecule has 4 saturated heterocycles. The van der Waals surface area contributed by atoms with Gasteiger partial charge in [0, 0.05) is 45.8 Å². The maximum atomic E-state index is 7.75. The number of piperazine rings is 3. The number of nitrogens with zero attached hydrogens (tertiary/aromatic N) is 2. The van der Waals surface area contributed by atoms with Gasteiger partial charge in [-0.05, 0) is 25.9 Å². The van der Waals surface area contributed by atoms with Crippen molar-refractivity contribution < 1.29 is 10.6 Å². The van der Waals surface area contributed by atoms with Gasteiger partial charge in [0.25, 0.3) is 0 Å². The molecule has 4 aliphatic rings. The lowest BCUT2D eigenvalue weighted by Gasteiger charge is -2.41. The summed E-state index contributed by atoms with van der Waals surface area (Å²) in [6.07, 6.45) is 4.22. The number of piperidine rings is 1. The first-order valence-electron chi connectivity index (χ1n) is 7.33. The van der Waals surface area contributed by atoms with Crippen molar-refractivity contribution in [1.29, 1.82) is 0 Å². The smallest absolute Gasteiger partial charge is 0.0553 e. The van der Waals surface area contributed by atoms with Crippen LogP contribution in [0.1, 0.15) is 19.3 Å². The molecule has 0 spiro atoms. The molecule has 4 aliphatic heterocycles. The Hall–Kier alpha value is -0.240. The van der Waals surface area contributed by atoms with E-state index in [1.54, 1.807) is 0 Å². The number of rotatable bonds is 1. The quantitative estimate of drug-likeness (QED) is 0.541. The summed E-state index contributed by atoms with van der Waals surface area (Å²) >= 11 is 0. The molecule has 116 valence electrons. The number of aliphatic hydroxyl groups excluding tert-OH is 1. The van der Waals surface area contributed by atoms with Gasteiger partial charge in [-0.2, -0.15) is 0 Å². The summed E-state index contributed by atoms with van der Waals surface area (Å²) in [5, 5.41) is 11.0. The minimum absolute atomic E-state index is 0. The lowest BCUT2D eigenvalue weighted by molar-refractivity contribution is 0.0647. The molecule has 6 heteroatoms. The standard InChI is InChI=1S/C6H12N2.C5H11N.C2H7NO.H2O/c1-2-8-5-3-7(1)4-6-8;1-2-4-6-5-3-1;3-1-2-4;/h1-6H2;6H,1-5H2;4H,1-3H2;1H2. The molecule has 4 heterocycles. The van der Waals surface area contributed by atoms with Crippen LogP contribution >= 0.6 is 0 Å². The van der Waals surface area contributed by atoms with E-state index >= 15 is 0 Å². The minimum Gasteiger partial charge on any atom is -0.412 e. The molecule has 6 N–H and O–H groups in total. The molecule has 0 atom stereocenters. The third-order valence-corrected chi connectivity index (χ3v) is 3.53. The lowest BCUT2D eigenvalue weighted by Crippen LogP contribution is -2.55. The monoisotopic (exact) mass is 276 g/mol. The Kier molecular flexibility index (Phi) is 12.6. The minimum atomic E-state index is 0. The van der Waals surface area contributed by atoms with Crippen LogP contribution in [-0.2, 0) is 0 Å². The van der Waals surface area contributed by atoms with E-state index in [1.165, 1.54) is 71.6 Å². The summed E-state index contributed by atoms with van der Waals surface area (Å²) in [5.41, 5.74) is 4.78. The maximum Gasteiger partial charge on any atom is 0.0553 e. The zero-order chi connectivity index (χ0) is 13.1. The van der Waals surface area contributed by atoms with E-state index in [1.807, 2.05) is 0 Å². The largest absolute Gasteiger partial charge is 0.412 e. The van der Waals surface area contributed by atoms with E-state index in [9.17, 15) is 0 Å². The second-order valence-electron chi connectivity index (χ2n) is 5.01. The highest BCUT2D eigenvalue weighted by Gasteiger charge is 2.21. The molecular formula is C13H32N4O2. The van der Waals surface area contributed by atoms with Gasteiger partial charge in [-0.25, -0.2) is 0 Å². The first-order valence-corrected chi connectivity index (χ1v) is 7.33. The number of nitrogens with one attached hydrogen (secondary N) is 1. The Morgan fingerprint density at radius 1 is 0.842 bits per heavy atom. The summed E-state index contributed by atoms with van der Waals surface area (Å²) < 4.78 is 0. The number of hydrogen-bond donors (Lipinski definition) is 3. The fourth-order valence-electron chi connectivity index (χ4n) is 2.32. The van der Waals surface area contributed by atoms with E-state index < -0.39 is 0 Å². The molecule has 0 unspecified atom stereocenters. The van der Waals surface area contributed by atoms with E-state index in [4.69, 9.17) is 10.8 Å². The summed E-state index contributed by atoms with van der Waals surface area (Å²) in [4.78, 5) is 5.08. The first kappa shape index (κ1) is 18.8. The van der Waals surface area contributed by atoms with Crippen molar-refractivity contribution in [2.75, 3.05) is 65.5 Å². The van der Waals surface area contributed by atoms with E-state index in [-0.39, 0.29) is 12.1 Å². The molecule has 0 aliphatic carbocycles. The van der Waals surface area contributed by atoms with Crippen LogP contribution < -0.4 is 11.1 Å². The van der Waals surface area contributed by atoms with Gasteiger partial charge in [-0.15, -0.1) is 0 Å². The van der Waals surface area contributed by atoms with Gasteiger partial charge >= 0.3 is 0 Å². The Morgan fingerprint density at radius 2 is 1.21 bits per heavy atom. The van der Waals surface area contributed by atoms with Gasteiger partial charge in [0.05, 0.1) is 6.61 Å². The van der Waals surface area contributed by atoms with Crippen LogP contribution in [0.4, 0.5) is 0 Å². The van der Waals surface area contributed by atoms with Crippen molar-refractivity contribution in [3.05, 3.63) is 0 Å². The van der Waals surface area contributed by atoms with Crippen LogP contribution in [0.5, 0.6) is 0 Å². The molecule has 2 bridgehead atoms. The second-order valence-corrected chi connectivity index (χ2v) is 5.01. The SMILES string of the molecule is C1CCNCC1.C1CN2CCN1CC2.NCCO.O. The van der Waals surface area contributed by atoms with Gasteiger partial charge in [0.1, 0.15) is 0 Å². The topological polar surface area (TPSA) is 96.3 Å². The van der Waals surface area contributed by atoms with E-state index in [2.05, 4.69) is 15.1 Å². The normalized spacial score (nSPS) is 28.1. The number of hydrogen-bond acceptors (Lipinski definition) is 5. The molecule has 0 aromatic rings. The molecule has 19 heavy (non-hydrogen) atoms. The molecule has 4 fully saturated rings. The summed E-state index contributed by atoms with van der Waals surface area (Å²) in [6.45, 7) is 10.9. The van der Waals surface area contributed by atoms with E-state index in [0.717, 1.165) is 0 Å².